The van der Waals surface area contributed by atoms with Gasteiger partial charge in [0, 0.05) is 30.6 Å². The van der Waals surface area contributed by atoms with Gasteiger partial charge >= 0.3 is 0 Å². The molecule has 2 amide bonds. The SMILES string of the molecule is [2H]c1nc(C([2H])([2H])C([2H])([2H])Oc2c([2H])c([2H])c(C([2H])([2H])C3([2H])SC(=O)N([2H])C3=O)c([2H])c2[2H])c([2H])c([2H])c1C([2H])([2H])C([2H])([2H])[2H]. The number of benzene rings is 1. The maximum Gasteiger partial charge on any atom is 0.286 e. The Bertz CT molecular complexity index is 1580. The van der Waals surface area contributed by atoms with Crippen LogP contribution >= 0.6 is 11.8 Å². The zero-order valence-corrected chi connectivity index (χ0v) is 12.8. The number of carbonyl (C=O) groups is 2. The molecule has 0 radical (unpaired) electrons. The molecular weight excluding hydrogens is 336 g/mol. The molecule has 6 heteroatoms. The summed E-state index contributed by atoms with van der Waals surface area (Å²) in [6.45, 7) is -7.29. The number of imide groups is 1. The normalized spacial score (nSPS) is 34.5. The summed E-state index contributed by atoms with van der Waals surface area (Å²) in [6.07, 6.45) is -11.9. The number of aromatic nitrogens is 1. The number of amides is 2. The Balaban J connectivity index is 2.16. The molecule has 1 saturated heterocycles. The van der Waals surface area contributed by atoms with E-state index in [-0.39, 0.29) is 17.1 Å². The smallest absolute Gasteiger partial charge is 0.286 e. The van der Waals surface area contributed by atoms with E-state index in [1.165, 1.54) is 0 Å². The second-order valence-corrected chi connectivity index (χ2v) is 5.06. The van der Waals surface area contributed by atoms with Crippen molar-refractivity contribution in [3.05, 3.63) is 59.2 Å². The van der Waals surface area contributed by atoms with Crippen LogP contribution in [-0.4, -0.2) is 27.9 Å². The number of carbonyl (C=O) groups excluding carboxylic acids is 2. The van der Waals surface area contributed by atoms with Crippen LogP contribution in [0.25, 0.3) is 0 Å². The van der Waals surface area contributed by atoms with Crippen LogP contribution in [0.1, 0.15) is 49.7 Å². The summed E-state index contributed by atoms with van der Waals surface area (Å²) in [4.78, 5) is 27.6. The minimum Gasteiger partial charge on any atom is -0.493 e. The highest BCUT2D eigenvalue weighted by atomic mass is 32.2. The van der Waals surface area contributed by atoms with Crippen molar-refractivity contribution in [2.45, 2.75) is 31.2 Å². The Kier molecular flexibility index (Phi) is 1.74. The summed E-state index contributed by atoms with van der Waals surface area (Å²) < 4.78 is 165. The molecule has 0 aliphatic carbocycles. The molecule has 0 spiro atoms. The first-order chi connectivity index (χ1) is 20.0. The number of hydrogen-bond donors (Lipinski definition) is 1. The van der Waals surface area contributed by atoms with Crippen LogP contribution < -0.4 is 10.0 Å². The quantitative estimate of drug-likeness (QED) is 0.804. The molecule has 1 N–H and O–H groups in total. The van der Waals surface area contributed by atoms with Gasteiger partial charge in [0.1, 0.15) is 5.75 Å². The second kappa shape index (κ2) is 8.16. The topological polar surface area (TPSA) is 68.3 Å². The second-order valence-electron chi connectivity index (χ2n) is 4.09. The standard InChI is InChI=1S/C19H20N2O3S/c1-2-13-3-6-15(20-12-13)9-10-24-16-7-4-14(5-8-16)11-17-18(22)21-19(23)25-17/h3-8,12,17H,2,9-11H2,1H3,(H,21,22,23)/i1D3,2D2,3D,4D,5D,6D,7D,8D,9D2,10D2,11D2,12D,17D/hD. The van der Waals surface area contributed by atoms with Crippen LogP contribution in [0.15, 0.2) is 42.4 Å². The van der Waals surface area contributed by atoms with Crippen molar-refractivity contribution >= 4 is 22.9 Å². The lowest BCUT2D eigenvalue weighted by Crippen LogP contribution is -2.25. The van der Waals surface area contributed by atoms with Gasteiger partial charge in [-0.3, -0.25) is 19.9 Å². The largest absolute Gasteiger partial charge is 0.493 e. The molecule has 1 aliphatic heterocycles. The zero-order chi connectivity index (χ0) is 35.2. The lowest BCUT2D eigenvalue weighted by Gasteiger charge is -2.09. The molecule has 2 aromatic rings. The Morgan fingerprint density at radius 3 is 2.88 bits per heavy atom. The third-order valence-corrected chi connectivity index (χ3v) is 3.20. The van der Waals surface area contributed by atoms with Crippen molar-refractivity contribution in [1.82, 2.24) is 10.3 Å². The van der Waals surface area contributed by atoms with E-state index in [9.17, 15) is 9.59 Å². The first kappa shape index (κ1) is 5.33. The molecule has 2 heterocycles. The minimum absolute atomic E-state index is 0.261. The van der Waals surface area contributed by atoms with Crippen LogP contribution in [0, 0.1) is 0 Å². The molecule has 1 aromatic carbocycles. The van der Waals surface area contributed by atoms with Crippen LogP contribution in [0.4, 0.5) is 4.79 Å². The highest BCUT2D eigenvalue weighted by molar-refractivity contribution is 8.15. The maximum atomic E-state index is 12.4. The highest BCUT2D eigenvalue weighted by Gasteiger charge is 2.31. The van der Waals surface area contributed by atoms with E-state index in [1.807, 2.05) is 0 Å². The Morgan fingerprint density at radius 1 is 1.36 bits per heavy atom. The average Bonchev–Trinajstić information content (AvgIpc) is 3.09. The summed E-state index contributed by atoms with van der Waals surface area (Å²) in [5.74, 6) is -3.02. The summed E-state index contributed by atoms with van der Waals surface area (Å²) in [5.41, 5.74) is -3.81. The molecule has 25 heavy (non-hydrogen) atoms. The summed E-state index contributed by atoms with van der Waals surface area (Å²) in [7, 11) is 0. The molecule has 1 atom stereocenters. The maximum absolute atomic E-state index is 12.4. The summed E-state index contributed by atoms with van der Waals surface area (Å²) in [6, 6.07) is -8.00. The van der Waals surface area contributed by atoms with Gasteiger partial charge < -0.3 is 4.74 Å². The fourth-order valence-corrected chi connectivity index (χ4v) is 2.02. The number of hydrogen-bond acceptors (Lipinski definition) is 5. The van der Waals surface area contributed by atoms with Crippen molar-refractivity contribution in [2.24, 2.45) is 0 Å². The van der Waals surface area contributed by atoms with Crippen LogP contribution in [0.2, 0.25) is 1.41 Å². The number of pyridine rings is 1. The molecule has 1 fully saturated rings. The minimum atomic E-state index is -3.84. The molecule has 5 nitrogen and oxygen atoms in total. The van der Waals surface area contributed by atoms with E-state index in [0.29, 0.717) is 0 Å². The third kappa shape index (κ3) is 4.82. The molecular formula is C19H20N2O3S. The summed E-state index contributed by atoms with van der Waals surface area (Å²) >= 11 is -0.261. The molecule has 3 rings (SSSR count). The molecule has 1 aliphatic rings. The lowest BCUT2D eigenvalue weighted by molar-refractivity contribution is -0.118. The Hall–Kier alpha value is -2.34. The molecule has 0 bridgehead atoms. The van der Waals surface area contributed by atoms with Crippen molar-refractivity contribution < 1.29 is 41.8 Å². The fraction of sp³-hybridized carbons (Fsp3) is 0.316. The number of rotatable bonds is 7. The summed E-state index contributed by atoms with van der Waals surface area (Å²) in [5, 5.41) is -4.85. The van der Waals surface area contributed by atoms with Gasteiger partial charge in [0.25, 0.3) is 5.24 Å². The first-order valence-corrected chi connectivity index (χ1v) is 7.19. The number of nitrogens with one attached hydrogen (secondary N) is 1. The van der Waals surface area contributed by atoms with E-state index in [0.717, 1.165) is 0 Å². The monoisotopic (exact) mass is 376 g/mol. The van der Waals surface area contributed by atoms with E-state index >= 15 is 0 Å². The van der Waals surface area contributed by atoms with Gasteiger partial charge in [-0.15, -0.1) is 0 Å². The number of ether oxygens (including phenoxy) is 1. The predicted octanol–water partition coefficient (Wildman–Crippen LogP) is 3.16. The van der Waals surface area contributed by atoms with Gasteiger partial charge in [0.2, 0.25) is 5.91 Å². The fourth-order valence-electron chi connectivity index (χ4n) is 1.43. The Morgan fingerprint density at radius 2 is 2.16 bits per heavy atom. The number of aryl methyl sites for hydroxylation is 1. The average molecular weight is 377 g/mol. The Labute approximate surface area is 179 Å². The molecule has 1 aromatic heterocycles. The zero-order valence-electron chi connectivity index (χ0n) is 32.0. The van der Waals surface area contributed by atoms with Crippen LogP contribution in [0.5, 0.6) is 5.75 Å². The predicted molar refractivity (Wildman–Crippen MR) is 97.9 cm³/mol. The molecule has 0 saturated carbocycles. The van der Waals surface area contributed by atoms with E-state index in [2.05, 4.69) is 4.98 Å². The van der Waals surface area contributed by atoms with Gasteiger partial charge in [-0.1, -0.05) is 36.7 Å². The third-order valence-electron chi connectivity index (χ3n) is 2.45. The van der Waals surface area contributed by atoms with Gasteiger partial charge in [0.05, 0.1) is 25.5 Å². The van der Waals surface area contributed by atoms with Gasteiger partial charge in [-0.25, -0.2) is 0 Å². The van der Waals surface area contributed by atoms with Crippen molar-refractivity contribution in [2.75, 3.05) is 6.56 Å². The highest BCUT2D eigenvalue weighted by Crippen LogP contribution is 2.23. The number of thioether (sulfide) groups is 1. The van der Waals surface area contributed by atoms with Crippen molar-refractivity contribution in [1.29, 1.82) is 0 Å². The van der Waals surface area contributed by atoms with Gasteiger partial charge in [0.15, 0.2) is 1.41 Å². The van der Waals surface area contributed by atoms with E-state index < -0.39 is 114 Å². The molecule has 1 unspecified atom stereocenters. The first-order valence-electron chi connectivity index (χ1n) is 16.3. The molecule has 130 valence electrons. The van der Waals surface area contributed by atoms with Crippen LogP contribution in [0.3, 0.4) is 0 Å². The number of nitrogens with zero attached hydrogens (tertiary/aromatic N) is 1. The van der Waals surface area contributed by atoms with Crippen molar-refractivity contribution in [3.8, 4) is 5.75 Å². The lowest BCUT2D eigenvalue weighted by atomic mass is 10.1. The van der Waals surface area contributed by atoms with E-state index in [1.54, 1.807) is 0 Å². The van der Waals surface area contributed by atoms with Crippen LogP contribution in [-0.2, 0) is 23.9 Å². The van der Waals surface area contributed by atoms with Crippen molar-refractivity contribution in [3.63, 3.8) is 0 Å². The van der Waals surface area contributed by atoms with E-state index in [4.69, 9.17) is 32.2 Å². The van der Waals surface area contributed by atoms with Gasteiger partial charge in [-0.05, 0) is 42.0 Å². The van der Waals surface area contributed by atoms with Gasteiger partial charge in [-0.2, -0.15) is 0 Å².